The number of rotatable bonds is 5. The molecule has 0 spiro atoms. The average molecular weight is 467 g/mol. The van der Waals surface area contributed by atoms with Gasteiger partial charge in [0.25, 0.3) is 5.91 Å². The maximum Gasteiger partial charge on any atom is 0.416 e. The summed E-state index contributed by atoms with van der Waals surface area (Å²) in [6.07, 6.45) is -5.41. The lowest BCUT2D eigenvalue weighted by Crippen LogP contribution is -2.43. The fourth-order valence-corrected chi connectivity index (χ4v) is 2.72. The van der Waals surface area contributed by atoms with Crippen molar-refractivity contribution in [1.29, 1.82) is 0 Å². The van der Waals surface area contributed by atoms with Gasteiger partial charge in [0.2, 0.25) is 0 Å². The minimum Gasteiger partial charge on any atom is -0.481 e. The summed E-state index contributed by atoms with van der Waals surface area (Å²) in [7, 11) is 1.57. The molecule has 0 fully saturated rings. The van der Waals surface area contributed by atoms with Gasteiger partial charge >= 0.3 is 6.18 Å². The Morgan fingerprint density at radius 3 is 2.10 bits per heavy atom. The molecule has 0 radical (unpaired) electrons. The first kappa shape index (κ1) is 23.1. The van der Waals surface area contributed by atoms with Crippen LogP contribution in [-0.2, 0) is 11.0 Å². The second-order valence-corrected chi connectivity index (χ2v) is 6.89. The van der Waals surface area contributed by atoms with Crippen molar-refractivity contribution in [3.63, 3.8) is 0 Å². The van der Waals surface area contributed by atoms with Gasteiger partial charge in [-0.25, -0.2) is 0 Å². The highest BCUT2D eigenvalue weighted by molar-refractivity contribution is 7.80. The van der Waals surface area contributed by atoms with E-state index in [-0.39, 0.29) is 26.7 Å². The number of nitrogens with one attached hydrogen (secondary N) is 2. The van der Waals surface area contributed by atoms with Crippen molar-refractivity contribution in [2.24, 2.45) is 0 Å². The maximum atomic E-state index is 12.8. The molecular formula is C18H15Cl2F3N2O3S. The molecule has 0 aliphatic heterocycles. The molecule has 0 aliphatic rings. The SMILES string of the molecule is CNC(=S)NC(=O)C(C)Oc1ccc(Oc2c(Cl)cc(C(F)(F)F)cc2Cl)cc1. The molecule has 0 aromatic heterocycles. The summed E-state index contributed by atoms with van der Waals surface area (Å²) in [5.74, 6) is 0.0747. The molecule has 2 N–H and O–H groups in total. The van der Waals surface area contributed by atoms with Crippen LogP contribution in [0.3, 0.4) is 0 Å². The van der Waals surface area contributed by atoms with E-state index >= 15 is 0 Å². The van der Waals surface area contributed by atoms with E-state index in [1.807, 2.05) is 0 Å². The van der Waals surface area contributed by atoms with Gasteiger partial charge in [-0.15, -0.1) is 0 Å². The van der Waals surface area contributed by atoms with Gasteiger partial charge in [0.05, 0.1) is 15.6 Å². The monoisotopic (exact) mass is 466 g/mol. The average Bonchev–Trinajstić information content (AvgIpc) is 2.64. The predicted octanol–water partition coefficient (Wildman–Crippen LogP) is 5.19. The van der Waals surface area contributed by atoms with Gasteiger partial charge in [-0.1, -0.05) is 23.2 Å². The second-order valence-electron chi connectivity index (χ2n) is 5.67. The van der Waals surface area contributed by atoms with Crippen LogP contribution >= 0.6 is 35.4 Å². The molecule has 0 aliphatic carbocycles. The summed E-state index contributed by atoms with van der Waals surface area (Å²) >= 11 is 16.6. The van der Waals surface area contributed by atoms with E-state index < -0.39 is 23.8 Å². The number of hydrogen-bond donors (Lipinski definition) is 2. The van der Waals surface area contributed by atoms with Gasteiger partial charge in [-0.2, -0.15) is 13.2 Å². The number of carbonyl (C=O) groups is 1. The van der Waals surface area contributed by atoms with Crippen LogP contribution in [0.4, 0.5) is 13.2 Å². The molecule has 0 bridgehead atoms. The standard InChI is InChI=1S/C18H15Cl2F3N2O3S/c1-9(16(26)25-17(29)24-2)27-11-3-5-12(6-4-11)28-15-13(19)7-10(8-14(15)20)18(21,22)23/h3-9H,1-2H3,(H2,24,25,26,29). The normalized spacial score (nSPS) is 12.1. The van der Waals surface area contributed by atoms with Crippen LogP contribution in [0.15, 0.2) is 36.4 Å². The molecule has 1 unspecified atom stereocenters. The van der Waals surface area contributed by atoms with Gasteiger partial charge in [-0.05, 0) is 55.5 Å². The number of thiocarbonyl (C=S) groups is 1. The Hall–Kier alpha value is -2.23. The number of halogens is 5. The Morgan fingerprint density at radius 1 is 1.10 bits per heavy atom. The Labute approximate surface area is 180 Å². The van der Waals surface area contributed by atoms with Crippen LogP contribution in [0.2, 0.25) is 10.0 Å². The fraction of sp³-hybridized carbons (Fsp3) is 0.222. The summed E-state index contributed by atoms with van der Waals surface area (Å²) in [6, 6.07) is 7.47. The minimum atomic E-state index is -4.58. The molecule has 11 heteroatoms. The largest absolute Gasteiger partial charge is 0.481 e. The third-order valence-corrected chi connectivity index (χ3v) is 4.38. The van der Waals surface area contributed by atoms with E-state index in [1.165, 1.54) is 24.3 Å². The Bertz CT molecular complexity index is 885. The van der Waals surface area contributed by atoms with E-state index in [0.29, 0.717) is 5.75 Å². The minimum absolute atomic E-state index is 0.108. The van der Waals surface area contributed by atoms with Crippen molar-refractivity contribution in [1.82, 2.24) is 10.6 Å². The maximum absolute atomic E-state index is 12.8. The van der Waals surface area contributed by atoms with Crippen molar-refractivity contribution in [3.05, 3.63) is 52.0 Å². The summed E-state index contributed by atoms with van der Waals surface area (Å²) in [5, 5.41) is 4.66. The Kier molecular flexibility index (Phi) is 7.56. The number of carbonyl (C=O) groups excluding carboxylic acids is 1. The lowest BCUT2D eigenvalue weighted by atomic mass is 10.2. The van der Waals surface area contributed by atoms with Gasteiger partial charge < -0.3 is 14.8 Å². The van der Waals surface area contributed by atoms with E-state index in [1.54, 1.807) is 14.0 Å². The van der Waals surface area contributed by atoms with Crippen molar-refractivity contribution in [2.45, 2.75) is 19.2 Å². The van der Waals surface area contributed by atoms with E-state index in [9.17, 15) is 18.0 Å². The summed E-state index contributed by atoms with van der Waals surface area (Å²) < 4.78 is 49.4. The third-order valence-electron chi connectivity index (χ3n) is 3.52. The zero-order chi connectivity index (χ0) is 21.8. The number of alkyl halides is 3. The molecule has 2 aromatic carbocycles. The molecule has 2 rings (SSSR count). The summed E-state index contributed by atoms with van der Waals surface area (Å²) in [4.78, 5) is 11.9. The Morgan fingerprint density at radius 2 is 1.62 bits per heavy atom. The van der Waals surface area contributed by atoms with Gasteiger partial charge in [0.1, 0.15) is 11.5 Å². The molecule has 29 heavy (non-hydrogen) atoms. The highest BCUT2D eigenvalue weighted by Crippen LogP contribution is 2.41. The predicted molar refractivity (Wildman–Crippen MR) is 108 cm³/mol. The van der Waals surface area contributed by atoms with Crippen molar-refractivity contribution < 1.29 is 27.4 Å². The van der Waals surface area contributed by atoms with Crippen LogP contribution in [0.1, 0.15) is 12.5 Å². The number of ether oxygens (including phenoxy) is 2. The summed E-state index contributed by atoms with van der Waals surface area (Å²) in [6.45, 7) is 1.54. The lowest BCUT2D eigenvalue weighted by molar-refractivity contribution is -0.137. The number of amides is 1. The van der Waals surface area contributed by atoms with Crippen LogP contribution in [0, 0.1) is 0 Å². The molecule has 5 nitrogen and oxygen atoms in total. The van der Waals surface area contributed by atoms with E-state index in [4.69, 9.17) is 44.9 Å². The number of hydrogen-bond acceptors (Lipinski definition) is 4. The van der Waals surface area contributed by atoms with Crippen molar-refractivity contribution in [2.75, 3.05) is 7.05 Å². The third kappa shape index (κ3) is 6.38. The van der Waals surface area contributed by atoms with E-state index in [0.717, 1.165) is 12.1 Å². The second kappa shape index (κ2) is 9.51. The zero-order valence-electron chi connectivity index (χ0n) is 15.1. The van der Waals surface area contributed by atoms with Crippen molar-refractivity contribution >= 4 is 46.4 Å². The first-order valence-electron chi connectivity index (χ1n) is 8.04. The molecular weight excluding hydrogens is 452 g/mol. The highest BCUT2D eigenvalue weighted by atomic mass is 35.5. The quantitative estimate of drug-likeness (QED) is 0.593. The van der Waals surface area contributed by atoms with Gasteiger partial charge in [-0.3, -0.25) is 10.1 Å². The topological polar surface area (TPSA) is 59.6 Å². The Balaban J connectivity index is 2.08. The molecule has 1 amide bonds. The van der Waals surface area contributed by atoms with Crippen LogP contribution in [-0.4, -0.2) is 24.2 Å². The molecule has 156 valence electrons. The molecule has 0 saturated heterocycles. The van der Waals surface area contributed by atoms with Crippen molar-refractivity contribution in [3.8, 4) is 17.2 Å². The first-order chi connectivity index (χ1) is 13.5. The smallest absolute Gasteiger partial charge is 0.416 e. The van der Waals surface area contributed by atoms with Crippen LogP contribution < -0.4 is 20.1 Å². The highest BCUT2D eigenvalue weighted by Gasteiger charge is 2.32. The molecule has 0 heterocycles. The molecule has 1 atom stereocenters. The fourth-order valence-electron chi connectivity index (χ4n) is 2.06. The number of benzene rings is 2. The zero-order valence-corrected chi connectivity index (χ0v) is 17.4. The molecule has 0 saturated carbocycles. The van der Waals surface area contributed by atoms with Crippen LogP contribution in [0.5, 0.6) is 17.2 Å². The van der Waals surface area contributed by atoms with Gasteiger partial charge in [0.15, 0.2) is 17.0 Å². The van der Waals surface area contributed by atoms with E-state index in [2.05, 4.69) is 10.6 Å². The molecule has 2 aromatic rings. The van der Waals surface area contributed by atoms with Crippen LogP contribution in [0.25, 0.3) is 0 Å². The van der Waals surface area contributed by atoms with Gasteiger partial charge in [0, 0.05) is 7.05 Å². The first-order valence-corrected chi connectivity index (χ1v) is 9.21. The lowest BCUT2D eigenvalue weighted by Gasteiger charge is -2.16. The summed E-state index contributed by atoms with van der Waals surface area (Å²) in [5.41, 5.74) is -0.978.